The van der Waals surface area contributed by atoms with Crippen molar-refractivity contribution in [3.63, 3.8) is 0 Å². The summed E-state index contributed by atoms with van der Waals surface area (Å²) in [5.41, 5.74) is 0.676. The van der Waals surface area contributed by atoms with Crippen molar-refractivity contribution in [3.8, 4) is 0 Å². The molecule has 0 amide bonds. The number of anilines is 1. The molecule has 0 aliphatic carbocycles. The van der Waals surface area contributed by atoms with Crippen molar-refractivity contribution in [2.24, 2.45) is 5.92 Å². The fraction of sp³-hybridized carbons (Fsp3) is 0.750. The predicted molar refractivity (Wildman–Crippen MR) is 86.4 cm³/mol. The van der Waals surface area contributed by atoms with Crippen LogP contribution in [0.1, 0.15) is 12.1 Å². The topological polar surface area (TPSA) is 79.7 Å². The van der Waals surface area contributed by atoms with E-state index in [9.17, 15) is 5.11 Å². The molecule has 23 heavy (non-hydrogen) atoms. The summed E-state index contributed by atoms with van der Waals surface area (Å²) in [6, 6.07) is 3.90. The number of aryl methyl sites for hydroxylation is 1. The fourth-order valence-electron chi connectivity index (χ4n) is 3.34. The third kappa shape index (κ3) is 4.38. The van der Waals surface area contributed by atoms with Gasteiger partial charge in [0, 0.05) is 32.1 Å². The van der Waals surface area contributed by atoms with E-state index in [0.717, 1.165) is 44.2 Å². The average molecular weight is 322 g/mol. The zero-order chi connectivity index (χ0) is 16.1. The Labute approximate surface area is 137 Å². The molecule has 1 aromatic rings. The van der Waals surface area contributed by atoms with E-state index < -0.39 is 0 Å². The Balaban J connectivity index is 1.53. The Hall–Kier alpha value is -1.28. The van der Waals surface area contributed by atoms with E-state index in [-0.39, 0.29) is 12.2 Å². The summed E-state index contributed by atoms with van der Waals surface area (Å²) in [6.07, 6.45) is 0.960. The number of β-amino-alcohol motifs (C(OH)–C–C–N with tert-alkyl or cyclic N) is 1. The second-order valence-corrected chi connectivity index (χ2v) is 6.56. The highest BCUT2D eigenvalue weighted by Crippen LogP contribution is 2.32. The maximum absolute atomic E-state index is 9.18. The van der Waals surface area contributed by atoms with Gasteiger partial charge in [-0.05, 0) is 25.5 Å². The van der Waals surface area contributed by atoms with Crippen molar-refractivity contribution in [2.75, 3.05) is 57.9 Å². The van der Waals surface area contributed by atoms with Gasteiger partial charge in [-0.2, -0.15) is 5.10 Å². The number of ether oxygens (including phenoxy) is 2. The van der Waals surface area contributed by atoms with E-state index in [0.29, 0.717) is 25.7 Å². The van der Waals surface area contributed by atoms with Gasteiger partial charge in [0.05, 0.1) is 32.1 Å². The number of rotatable bonds is 5. The number of hydrogen-bond acceptors (Lipinski definition) is 7. The van der Waals surface area contributed by atoms with Gasteiger partial charge in [0.15, 0.2) is 0 Å². The van der Waals surface area contributed by atoms with E-state index in [1.807, 2.05) is 19.1 Å². The first kappa shape index (κ1) is 16.6. The van der Waals surface area contributed by atoms with Gasteiger partial charge in [-0.15, -0.1) is 5.10 Å². The lowest BCUT2D eigenvalue weighted by Gasteiger charge is -2.30. The molecule has 3 rings (SSSR count). The second kappa shape index (κ2) is 7.53. The molecule has 0 bridgehead atoms. The van der Waals surface area contributed by atoms with Crippen LogP contribution in [0.2, 0.25) is 0 Å². The minimum atomic E-state index is -0.239. The maximum Gasteiger partial charge on any atom is 0.148 e. The van der Waals surface area contributed by atoms with Crippen molar-refractivity contribution < 1.29 is 14.6 Å². The van der Waals surface area contributed by atoms with Crippen molar-refractivity contribution in [3.05, 3.63) is 17.8 Å². The van der Waals surface area contributed by atoms with E-state index in [1.54, 1.807) is 0 Å². The van der Waals surface area contributed by atoms with Crippen LogP contribution in [0.15, 0.2) is 12.1 Å². The van der Waals surface area contributed by atoms with Crippen LogP contribution in [0, 0.1) is 12.8 Å². The summed E-state index contributed by atoms with van der Waals surface area (Å²) in [4.78, 5) is 2.23. The standard InChI is InChI=1S/C16H26N4O3/c1-13-2-3-15(19-18-13)17-9-14-8-16(23-10-14)11-20(4-6-21)5-7-22-12-16/h2-3,14,21H,4-12H2,1H3,(H,17,19)/t14-,16-/m1/s1. The van der Waals surface area contributed by atoms with Crippen molar-refractivity contribution in [1.82, 2.24) is 15.1 Å². The maximum atomic E-state index is 9.18. The molecule has 128 valence electrons. The van der Waals surface area contributed by atoms with Crippen LogP contribution in [-0.4, -0.2) is 78.4 Å². The van der Waals surface area contributed by atoms with Crippen LogP contribution < -0.4 is 5.32 Å². The number of hydrogen-bond donors (Lipinski definition) is 2. The highest BCUT2D eigenvalue weighted by Gasteiger charge is 2.43. The van der Waals surface area contributed by atoms with Crippen molar-refractivity contribution >= 4 is 5.82 Å². The minimum Gasteiger partial charge on any atom is -0.395 e. The van der Waals surface area contributed by atoms with Crippen molar-refractivity contribution in [2.45, 2.75) is 18.9 Å². The number of nitrogens with one attached hydrogen (secondary N) is 1. The molecule has 1 spiro atoms. The summed E-state index contributed by atoms with van der Waals surface area (Å²) in [6.45, 7) is 7.34. The van der Waals surface area contributed by atoms with Crippen LogP contribution in [0.4, 0.5) is 5.82 Å². The van der Waals surface area contributed by atoms with Gasteiger partial charge in [0.25, 0.3) is 0 Å². The molecule has 2 N–H and O–H groups in total. The molecule has 1 aromatic heterocycles. The highest BCUT2D eigenvalue weighted by molar-refractivity contribution is 5.32. The van der Waals surface area contributed by atoms with Crippen LogP contribution >= 0.6 is 0 Å². The van der Waals surface area contributed by atoms with Crippen LogP contribution in [0.3, 0.4) is 0 Å². The lowest BCUT2D eigenvalue weighted by molar-refractivity contribution is -0.0563. The normalized spacial score (nSPS) is 28.9. The molecule has 2 atom stereocenters. The van der Waals surface area contributed by atoms with Gasteiger partial charge >= 0.3 is 0 Å². The zero-order valence-electron chi connectivity index (χ0n) is 13.7. The lowest BCUT2D eigenvalue weighted by Crippen LogP contribution is -2.45. The number of aliphatic hydroxyl groups is 1. The molecule has 2 saturated heterocycles. The van der Waals surface area contributed by atoms with E-state index in [1.165, 1.54) is 0 Å². The highest BCUT2D eigenvalue weighted by atomic mass is 16.5. The van der Waals surface area contributed by atoms with Crippen LogP contribution in [0.25, 0.3) is 0 Å². The third-order valence-corrected chi connectivity index (χ3v) is 4.50. The molecule has 2 aliphatic heterocycles. The molecule has 2 fully saturated rings. The Morgan fingerprint density at radius 3 is 3.13 bits per heavy atom. The van der Waals surface area contributed by atoms with Gasteiger partial charge in [-0.1, -0.05) is 0 Å². The monoisotopic (exact) mass is 322 g/mol. The van der Waals surface area contributed by atoms with Gasteiger partial charge in [0.1, 0.15) is 11.4 Å². The van der Waals surface area contributed by atoms with Gasteiger partial charge < -0.3 is 19.9 Å². The number of nitrogens with zero attached hydrogens (tertiary/aromatic N) is 3. The molecule has 3 heterocycles. The Morgan fingerprint density at radius 2 is 2.35 bits per heavy atom. The summed E-state index contributed by atoms with van der Waals surface area (Å²) in [5.74, 6) is 1.23. The first-order chi connectivity index (χ1) is 11.2. The molecule has 0 saturated carbocycles. The largest absolute Gasteiger partial charge is 0.395 e. The summed E-state index contributed by atoms with van der Waals surface area (Å²) in [7, 11) is 0. The quantitative estimate of drug-likeness (QED) is 0.807. The molecule has 0 unspecified atom stereocenters. The Kier molecular flexibility index (Phi) is 5.42. The zero-order valence-corrected chi connectivity index (χ0v) is 13.7. The molecule has 0 radical (unpaired) electrons. The lowest BCUT2D eigenvalue weighted by atomic mass is 9.94. The van der Waals surface area contributed by atoms with Crippen molar-refractivity contribution in [1.29, 1.82) is 0 Å². The fourth-order valence-corrected chi connectivity index (χ4v) is 3.34. The van der Waals surface area contributed by atoms with Gasteiger partial charge in [0.2, 0.25) is 0 Å². The van der Waals surface area contributed by atoms with E-state index in [2.05, 4.69) is 20.4 Å². The number of aromatic nitrogens is 2. The summed E-state index contributed by atoms with van der Waals surface area (Å²) in [5, 5.41) is 20.7. The van der Waals surface area contributed by atoms with Crippen LogP contribution in [-0.2, 0) is 9.47 Å². The van der Waals surface area contributed by atoms with Crippen LogP contribution in [0.5, 0.6) is 0 Å². The molecule has 2 aliphatic rings. The van der Waals surface area contributed by atoms with E-state index in [4.69, 9.17) is 9.47 Å². The molecular weight excluding hydrogens is 296 g/mol. The molecule has 7 heteroatoms. The number of aliphatic hydroxyl groups excluding tert-OH is 1. The Morgan fingerprint density at radius 1 is 1.43 bits per heavy atom. The minimum absolute atomic E-state index is 0.174. The summed E-state index contributed by atoms with van der Waals surface area (Å²) < 4.78 is 11.9. The SMILES string of the molecule is Cc1ccc(NC[C@@H]2CO[C@]3(COCCN(CCO)C3)C2)nn1. The van der Waals surface area contributed by atoms with E-state index >= 15 is 0 Å². The first-order valence-electron chi connectivity index (χ1n) is 8.28. The second-order valence-electron chi connectivity index (χ2n) is 6.56. The molecule has 0 aromatic carbocycles. The smallest absolute Gasteiger partial charge is 0.148 e. The predicted octanol–water partition coefficient (Wildman–Crippen LogP) is 0.297. The third-order valence-electron chi connectivity index (χ3n) is 4.50. The van der Waals surface area contributed by atoms with Gasteiger partial charge in [-0.25, -0.2) is 0 Å². The van der Waals surface area contributed by atoms with Gasteiger partial charge in [-0.3, -0.25) is 4.90 Å². The Bertz CT molecular complexity index is 499. The molecule has 7 nitrogen and oxygen atoms in total. The first-order valence-corrected chi connectivity index (χ1v) is 8.28. The summed E-state index contributed by atoms with van der Waals surface area (Å²) >= 11 is 0. The average Bonchev–Trinajstić information content (AvgIpc) is 2.83. The molecular formula is C16H26N4O3.